The zero-order valence-corrected chi connectivity index (χ0v) is 16.1. The summed E-state index contributed by atoms with van der Waals surface area (Å²) < 4.78 is 48.2. The molecule has 0 saturated carbocycles. The third-order valence-electron chi connectivity index (χ3n) is 4.27. The molecule has 3 rings (SSSR count). The highest BCUT2D eigenvalue weighted by Gasteiger charge is 2.34. The lowest BCUT2D eigenvalue weighted by Crippen LogP contribution is -2.31. The van der Waals surface area contributed by atoms with Crippen LogP contribution in [0, 0.1) is 6.92 Å². The van der Waals surface area contributed by atoms with Crippen molar-refractivity contribution in [1.29, 1.82) is 0 Å². The van der Waals surface area contributed by atoms with E-state index in [1.54, 1.807) is 19.1 Å². The van der Waals surface area contributed by atoms with E-state index in [9.17, 15) is 13.2 Å². The van der Waals surface area contributed by atoms with E-state index in [1.807, 2.05) is 0 Å². The van der Waals surface area contributed by atoms with Gasteiger partial charge in [-0.2, -0.15) is 4.31 Å². The maximum Gasteiger partial charge on any atom is 0.339 e. The molecule has 0 bridgehead atoms. The van der Waals surface area contributed by atoms with Crippen LogP contribution in [0.4, 0.5) is 0 Å². The summed E-state index contributed by atoms with van der Waals surface area (Å²) >= 11 is 0. The fraction of sp³-hybridized carbons (Fsp3) is 0.389. The molecule has 146 valence electrons. The summed E-state index contributed by atoms with van der Waals surface area (Å²) in [7, 11) is -0.763. The van der Waals surface area contributed by atoms with Gasteiger partial charge < -0.3 is 18.6 Å². The van der Waals surface area contributed by atoms with Gasteiger partial charge in [0.2, 0.25) is 10.0 Å². The summed E-state index contributed by atoms with van der Waals surface area (Å²) in [6, 6.07) is 7.33. The van der Waals surface area contributed by atoms with Gasteiger partial charge in [-0.15, -0.1) is 0 Å². The second-order valence-electron chi connectivity index (χ2n) is 6.13. The van der Waals surface area contributed by atoms with E-state index in [0.717, 1.165) is 0 Å². The largest absolute Gasteiger partial charge is 0.493 e. The molecule has 1 aliphatic heterocycles. The van der Waals surface area contributed by atoms with Gasteiger partial charge in [-0.25, -0.2) is 13.2 Å². The predicted molar refractivity (Wildman–Crippen MR) is 97.1 cm³/mol. The number of methoxy groups -OCH3 is 2. The Morgan fingerprint density at radius 2 is 1.85 bits per heavy atom. The molecular weight excluding hydrogens is 374 g/mol. The Hall–Kier alpha value is -2.52. The number of aryl methyl sites for hydroxylation is 1. The van der Waals surface area contributed by atoms with E-state index >= 15 is 0 Å². The maximum atomic E-state index is 12.9. The average Bonchev–Trinajstić information content (AvgIpc) is 3.09. The summed E-state index contributed by atoms with van der Waals surface area (Å²) in [6.07, 6.45) is 0.173. The summed E-state index contributed by atoms with van der Waals surface area (Å²) in [6.45, 7) is 2.16. The van der Waals surface area contributed by atoms with Crippen molar-refractivity contribution in [2.24, 2.45) is 0 Å². The Labute approximate surface area is 157 Å². The van der Waals surface area contributed by atoms with Gasteiger partial charge in [0.25, 0.3) is 0 Å². The molecule has 1 unspecified atom stereocenters. The fourth-order valence-electron chi connectivity index (χ4n) is 2.97. The van der Waals surface area contributed by atoms with Crippen LogP contribution in [-0.4, -0.2) is 46.1 Å². The minimum Gasteiger partial charge on any atom is -0.493 e. The second-order valence-corrected chi connectivity index (χ2v) is 8.07. The third-order valence-corrected chi connectivity index (χ3v) is 6.13. The lowest BCUT2D eigenvalue weighted by Gasteiger charge is -2.18. The van der Waals surface area contributed by atoms with E-state index in [2.05, 4.69) is 0 Å². The topological polar surface area (TPSA) is 95.3 Å². The second kappa shape index (κ2) is 7.61. The van der Waals surface area contributed by atoms with Crippen molar-refractivity contribution in [3.05, 3.63) is 46.5 Å². The van der Waals surface area contributed by atoms with Crippen molar-refractivity contribution in [2.45, 2.75) is 24.3 Å². The summed E-state index contributed by atoms with van der Waals surface area (Å²) in [5, 5.41) is 0. The van der Waals surface area contributed by atoms with E-state index in [-0.39, 0.29) is 17.5 Å². The molecule has 0 radical (unpaired) electrons. The van der Waals surface area contributed by atoms with Crippen LogP contribution in [0.15, 0.2) is 44.4 Å². The van der Waals surface area contributed by atoms with Crippen LogP contribution in [0.3, 0.4) is 0 Å². The molecule has 1 aliphatic rings. The van der Waals surface area contributed by atoms with Crippen molar-refractivity contribution in [3.63, 3.8) is 0 Å². The molecule has 0 spiro atoms. The van der Waals surface area contributed by atoms with Crippen LogP contribution in [0.2, 0.25) is 0 Å². The number of nitrogens with zero attached hydrogens (tertiary/aromatic N) is 1. The first-order chi connectivity index (χ1) is 12.8. The molecule has 8 nitrogen and oxygen atoms in total. The van der Waals surface area contributed by atoms with Crippen molar-refractivity contribution >= 4 is 10.0 Å². The number of hydrogen-bond acceptors (Lipinski definition) is 7. The molecule has 0 amide bonds. The Balaban J connectivity index is 1.76. The number of hydrogen-bond donors (Lipinski definition) is 0. The zero-order chi connectivity index (χ0) is 19.6. The van der Waals surface area contributed by atoms with Crippen molar-refractivity contribution in [1.82, 2.24) is 4.31 Å². The maximum absolute atomic E-state index is 12.9. The highest BCUT2D eigenvalue weighted by Crippen LogP contribution is 2.32. The van der Waals surface area contributed by atoms with Crippen LogP contribution in [0.25, 0.3) is 0 Å². The number of sulfonamides is 1. The van der Waals surface area contributed by atoms with E-state index in [1.165, 1.54) is 36.7 Å². The van der Waals surface area contributed by atoms with Gasteiger partial charge in [-0.05, 0) is 25.5 Å². The number of benzene rings is 1. The minimum absolute atomic E-state index is 0.122. The van der Waals surface area contributed by atoms with Gasteiger partial charge >= 0.3 is 5.63 Å². The highest BCUT2D eigenvalue weighted by atomic mass is 32.2. The highest BCUT2D eigenvalue weighted by molar-refractivity contribution is 7.89. The first-order valence-corrected chi connectivity index (χ1v) is 9.78. The summed E-state index contributed by atoms with van der Waals surface area (Å²) in [5.74, 6) is 1.61. The van der Waals surface area contributed by atoms with Gasteiger partial charge in [-0.3, -0.25) is 0 Å². The monoisotopic (exact) mass is 395 g/mol. The fourth-order valence-corrected chi connectivity index (χ4v) is 4.48. The molecule has 1 aromatic heterocycles. The van der Waals surface area contributed by atoms with Crippen LogP contribution in [0.1, 0.15) is 12.2 Å². The molecule has 9 heteroatoms. The van der Waals surface area contributed by atoms with Crippen LogP contribution in [0.5, 0.6) is 17.2 Å². The molecule has 1 fully saturated rings. The Bertz CT molecular complexity index is 983. The van der Waals surface area contributed by atoms with Crippen molar-refractivity contribution < 1.29 is 27.0 Å². The first-order valence-electron chi connectivity index (χ1n) is 8.34. The lowest BCUT2D eigenvalue weighted by molar-refractivity contribution is 0.213. The molecule has 2 heterocycles. The smallest absolute Gasteiger partial charge is 0.339 e. The quantitative estimate of drug-likeness (QED) is 0.736. The van der Waals surface area contributed by atoms with Gasteiger partial charge in [0.05, 0.1) is 31.7 Å². The summed E-state index contributed by atoms with van der Waals surface area (Å²) in [5.41, 5.74) is -0.502. The van der Waals surface area contributed by atoms with E-state index in [0.29, 0.717) is 36.0 Å². The van der Waals surface area contributed by atoms with E-state index < -0.39 is 15.6 Å². The van der Waals surface area contributed by atoms with E-state index in [4.69, 9.17) is 18.6 Å². The van der Waals surface area contributed by atoms with Gasteiger partial charge in [0, 0.05) is 18.7 Å². The first kappa shape index (κ1) is 19.2. The Kier molecular flexibility index (Phi) is 5.43. The van der Waals surface area contributed by atoms with Crippen LogP contribution in [-0.2, 0) is 10.0 Å². The zero-order valence-electron chi connectivity index (χ0n) is 15.3. The van der Waals surface area contributed by atoms with Crippen LogP contribution < -0.4 is 19.8 Å². The molecule has 0 aliphatic carbocycles. The normalized spacial score (nSPS) is 17.7. The number of ether oxygens (including phenoxy) is 3. The average molecular weight is 395 g/mol. The standard InChI is InChI=1S/C18H21NO7S/c1-12-8-14(9-18(20)25-12)26-13-6-7-19(11-13)27(21,22)15-4-5-16(23-2)17(10-15)24-3/h4-5,8-10,13H,6-7,11H2,1-3H3. The molecule has 2 aromatic rings. The van der Waals surface area contributed by atoms with Gasteiger partial charge in [0.15, 0.2) is 11.5 Å². The lowest BCUT2D eigenvalue weighted by atomic mass is 10.3. The molecule has 1 saturated heterocycles. The third kappa shape index (κ3) is 4.09. The van der Waals surface area contributed by atoms with Crippen molar-refractivity contribution in [3.8, 4) is 17.2 Å². The number of rotatable bonds is 6. The summed E-state index contributed by atoms with van der Waals surface area (Å²) in [4.78, 5) is 11.6. The Morgan fingerprint density at radius 3 is 2.52 bits per heavy atom. The van der Waals surface area contributed by atoms with Gasteiger partial charge in [0.1, 0.15) is 17.6 Å². The van der Waals surface area contributed by atoms with Crippen molar-refractivity contribution in [2.75, 3.05) is 27.3 Å². The van der Waals surface area contributed by atoms with Crippen LogP contribution >= 0.6 is 0 Å². The Morgan fingerprint density at radius 1 is 1.11 bits per heavy atom. The molecular formula is C18H21NO7S. The molecule has 27 heavy (non-hydrogen) atoms. The molecule has 0 N–H and O–H groups in total. The molecule has 1 atom stereocenters. The minimum atomic E-state index is -3.70. The van der Waals surface area contributed by atoms with Gasteiger partial charge in [-0.1, -0.05) is 0 Å². The SMILES string of the molecule is COc1ccc(S(=O)(=O)N2CCC(Oc3cc(C)oc(=O)c3)C2)cc1OC. The predicted octanol–water partition coefficient (Wildman–Crippen LogP) is 1.81. The molecule has 1 aromatic carbocycles.